The van der Waals surface area contributed by atoms with Gasteiger partial charge in [0.1, 0.15) is 5.75 Å². The van der Waals surface area contributed by atoms with E-state index in [0.29, 0.717) is 5.92 Å². The van der Waals surface area contributed by atoms with Crippen molar-refractivity contribution in [2.45, 2.75) is 32.6 Å². The lowest BCUT2D eigenvalue weighted by Gasteiger charge is -2.21. The average molecular weight is 353 g/mol. The van der Waals surface area contributed by atoms with Crippen molar-refractivity contribution in [2.75, 3.05) is 32.8 Å². The largest absolute Gasteiger partial charge is 0.484 e. The third-order valence-electron chi connectivity index (χ3n) is 5.28. The minimum atomic E-state index is 0. The number of amides is 1. The van der Waals surface area contributed by atoms with E-state index >= 15 is 0 Å². The van der Waals surface area contributed by atoms with Gasteiger partial charge in [0.25, 0.3) is 5.91 Å². The van der Waals surface area contributed by atoms with E-state index in [4.69, 9.17) is 4.74 Å². The van der Waals surface area contributed by atoms with Gasteiger partial charge >= 0.3 is 0 Å². The van der Waals surface area contributed by atoms with Crippen molar-refractivity contribution in [3.63, 3.8) is 0 Å². The van der Waals surface area contributed by atoms with Crippen molar-refractivity contribution in [1.29, 1.82) is 0 Å². The molecule has 0 aromatic heterocycles. The second kappa shape index (κ2) is 8.72. The minimum absolute atomic E-state index is 0. The maximum atomic E-state index is 12.4. The molecule has 4 nitrogen and oxygen atoms in total. The summed E-state index contributed by atoms with van der Waals surface area (Å²) in [6.45, 7) is 8.47. The highest BCUT2D eigenvalue weighted by Gasteiger charge is 2.31. The number of carbonyl (C=O) groups excluding carboxylic acids is 1. The van der Waals surface area contributed by atoms with Crippen LogP contribution in [0.1, 0.15) is 38.2 Å². The summed E-state index contributed by atoms with van der Waals surface area (Å²) in [5.74, 6) is 2.90. The first kappa shape index (κ1) is 19.1. The molecule has 134 valence electrons. The number of nitrogens with one attached hydrogen (secondary N) is 1. The molecule has 1 amide bonds. The highest BCUT2D eigenvalue weighted by atomic mass is 35.5. The Hall–Kier alpha value is -1.26. The fourth-order valence-electron chi connectivity index (χ4n) is 3.65. The van der Waals surface area contributed by atoms with Gasteiger partial charge in [0.2, 0.25) is 0 Å². The summed E-state index contributed by atoms with van der Waals surface area (Å²) < 4.78 is 5.69. The van der Waals surface area contributed by atoms with Crippen molar-refractivity contribution in [1.82, 2.24) is 10.2 Å². The summed E-state index contributed by atoms with van der Waals surface area (Å²) in [5.41, 5.74) is 1.29. The Balaban J connectivity index is 0.00000208. The second-order valence-corrected chi connectivity index (χ2v) is 7.15. The summed E-state index contributed by atoms with van der Waals surface area (Å²) in [5, 5.41) is 3.47. The van der Waals surface area contributed by atoms with E-state index in [2.05, 4.69) is 31.3 Å². The Morgan fingerprint density at radius 2 is 1.75 bits per heavy atom. The molecule has 0 bridgehead atoms. The van der Waals surface area contributed by atoms with Gasteiger partial charge in [-0.1, -0.05) is 26.0 Å². The molecule has 0 spiro atoms. The SMILES string of the molecule is CC(C)c1ccc(OCC(=O)N2CC[C@@H]3CNC[C@@H]3CC2)cc1.Cl. The number of fused-ring (bicyclic) bond motifs is 1. The second-order valence-electron chi connectivity index (χ2n) is 7.15. The molecule has 2 aliphatic heterocycles. The van der Waals surface area contributed by atoms with Crippen molar-refractivity contribution in [3.05, 3.63) is 29.8 Å². The summed E-state index contributed by atoms with van der Waals surface area (Å²) in [7, 11) is 0. The van der Waals surface area contributed by atoms with E-state index < -0.39 is 0 Å². The van der Waals surface area contributed by atoms with Gasteiger partial charge in [-0.3, -0.25) is 4.79 Å². The van der Waals surface area contributed by atoms with Crippen molar-refractivity contribution in [3.8, 4) is 5.75 Å². The molecule has 1 N–H and O–H groups in total. The van der Waals surface area contributed by atoms with E-state index in [0.717, 1.165) is 56.6 Å². The molecule has 0 unspecified atom stereocenters. The van der Waals surface area contributed by atoms with Crippen molar-refractivity contribution >= 4 is 18.3 Å². The van der Waals surface area contributed by atoms with Gasteiger partial charge in [0, 0.05) is 13.1 Å². The third kappa shape index (κ3) is 4.64. The number of halogens is 1. The molecule has 5 heteroatoms. The molecule has 0 aliphatic carbocycles. The Morgan fingerprint density at radius 3 is 2.29 bits per heavy atom. The van der Waals surface area contributed by atoms with Crippen LogP contribution < -0.4 is 10.1 Å². The fraction of sp³-hybridized carbons (Fsp3) is 0.632. The molecule has 2 aliphatic rings. The summed E-state index contributed by atoms with van der Waals surface area (Å²) in [6.07, 6.45) is 2.24. The van der Waals surface area contributed by atoms with Gasteiger partial charge in [-0.15, -0.1) is 12.4 Å². The van der Waals surface area contributed by atoms with E-state index in [9.17, 15) is 4.79 Å². The molecule has 2 saturated heterocycles. The van der Waals surface area contributed by atoms with Gasteiger partial charge in [-0.25, -0.2) is 0 Å². The molecular weight excluding hydrogens is 324 g/mol. The zero-order valence-corrected chi connectivity index (χ0v) is 15.5. The predicted octanol–water partition coefficient (Wildman–Crippen LogP) is 3.07. The lowest BCUT2D eigenvalue weighted by Crippen LogP contribution is -2.36. The van der Waals surface area contributed by atoms with E-state index in [-0.39, 0.29) is 24.9 Å². The van der Waals surface area contributed by atoms with Crippen LogP contribution in [-0.2, 0) is 4.79 Å². The lowest BCUT2D eigenvalue weighted by molar-refractivity contribution is -0.133. The molecule has 0 radical (unpaired) electrons. The molecule has 1 aromatic carbocycles. The number of benzene rings is 1. The normalized spacial score (nSPS) is 23.4. The number of carbonyl (C=O) groups is 1. The molecule has 1 aromatic rings. The van der Waals surface area contributed by atoms with Crippen LogP contribution in [0.3, 0.4) is 0 Å². The van der Waals surface area contributed by atoms with E-state index in [1.54, 1.807) is 0 Å². The summed E-state index contributed by atoms with van der Waals surface area (Å²) >= 11 is 0. The standard InChI is InChI=1S/C19H28N2O2.ClH/c1-14(2)15-3-5-18(6-4-15)23-13-19(22)21-9-7-16-11-20-12-17(16)8-10-21;/h3-6,14,16-17,20H,7-13H2,1-2H3;1H/t16-,17+;. The van der Waals surface area contributed by atoms with Gasteiger partial charge < -0.3 is 15.0 Å². The highest BCUT2D eigenvalue weighted by Crippen LogP contribution is 2.27. The Labute approximate surface area is 151 Å². The number of likely N-dealkylation sites (tertiary alicyclic amines) is 1. The smallest absolute Gasteiger partial charge is 0.260 e. The van der Waals surface area contributed by atoms with Crippen molar-refractivity contribution in [2.24, 2.45) is 11.8 Å². The lowest BCUT2D eigenvalue weighted by atomic mass is 9.92. The number of nitrogens with zero attached hydrogens (tertiary/aromatic N) is 1. The van der Waals surface area contributed by atoms with Crippen molar-refractivity contribution < 1.29 is 9.53 Å². The molecule has 3 rings (SSSR count). The highest BCUT2D eigenvalue weighted by molar-refractivity contribution is 5.85. The van der Waals surface area contributed by atoms with E-state index in [1.807, 2.05) is 17.0 Å². The number of hydrogen-bond acceptors (Lipinski definition) is 3. The monoisotopic (exact) mass is 352 g/mol. The van der Waals surface area contributed by atoms with Crippen LogP contribution in [0.4, 0.5) is 0 Å². The zero-order valence-electron chi connectivity index (χ0n) is 14.7. The topological polar surface area (TPSA) is 41.6 Å². The van der Waals surface area contributed by atoms with Crippen LogP contribution in [0.15, 0.2) is 24.3 Å². The summed E-state index contributed by atoms with van der Waals surface area (Å²) in [4.78, 5) is 14.4. The summed E-state index contributed by atoms with van der Waals surface area (Å²) in [6, 6.07) is 8.07. The first-order chi connectivity index (χ1) is 11.1. The molecule has 0 saturated carbocycles. The molecular formula is C19H29ClN2O2. The maximum Gasteiger partial charge on any atom is 0.260 e. The Bertz CT molecular complexity index is 519. The number of rotatable bonds is 4. The Kier molecular flexibility index (Phi) is 6.93. The molecule has 2 fully saturated rings. The van der Waals surface area contributed by atoms with Gasteiger partial charge in [0.15, 0.2) is 6.61 Å². The third-order valence-corrected chi connectivity index (χ3v) is 5.28. The van der Waals surface area contributed by atoms with Crippen LogP contribution in [0.25, 0.3) is 0 Å². The average Bonchev–Trinajstić information content (AvgIpc) is 2.91. The minimum Gasteiger partial charge on any atom is -0.484 e. The van der Waals surface area contributed by atoms with Crippen LogP contribution in [0.5, 0.6) is 5.75 Å². The Morgan fingerprint density at radius 1 is 1.17 bits per heavy atom. The predicted molar refractivity (Wildman–Crippen MR) is 98.9 cm³/mol. The van der Waals surface area contributed by atoms with Gasteiger partial charge in [-0.2, -0.15) is 0 Å². The molecule has 2 atom stereocenters. The number of hydrogen-bond donors (Lipinski definition) is 1. The maximum absolute atomic E-state index is 12.4. The zero-order chi connectivity index (χ0) is 16.2. The number of ether oxygens (including phenoxy) is 1. The van der Waals surface area contributed by atoms with Crippen LogP contribution in [-0.4, -0.2) is 43.6 Å². The molecule has 2 heterocycles. The first-order valence-electron chi connectivity index (χ1n) is 8.84. The first-order valence-corrected chi connectivity index (χ1v) is 8.84. The van der Waals surface area contributed by atoms with E-state index in [1.165, 1.54) is 5.56 Å². The van der Waals surface area contributed by atoms with Crippen LogP contribution >= 0.6 is 12.4 Å². The van der Waals surface area contributed by atoms with Crippen LogP contribution in [0, 0.1) is 11.8 Å². The quantitative estimate of drug-likeness (QED) is 0.905. The molecule has 24 heavy (non-hydrogen) atoms. The van der Waals surface area contributed by atoms with Gasteiger partial charge in [-0.05, 0) is 61.4 Å². The van der Waals surface area contributed by atoms with Gasteiger partial charge in [0.05, 0.1) is 0 Å². The fourth-order valence-corrected chi connectivity index (χ4v) is 3.65. The van der Waals surface area contributed by atoms with Crippen LogP contribution in [0.2, 0.25) is 0 Å².